The van der Waals surface area contributed by atoms with Crippen molar-refractivity contribution in [2.45, 2.75) is 6.42 Å². The molecule has 1 aromatic heterocycles. The zero-order valence-corrected chi connectivity index (χ0v) is 8.66. The van der Waals surface area contributed by atoms with Gasteiger partial charge in [-0.2, -0.15) is 5.26 Å². The lowest BCUT2D eigenvalue weighted by Crippen LogP contribution is -2.04. The Bertz CT molecular complexity index is 647. The monoisotopic (exact) mass is 210 g/mol. The molecule has 0 fully saturated rings. The lowest BCUT2D eigenvalue weighted by molar-refractivity contribution is 0.528. The molecule has 16 heavy (non-hydrogen) atoms. The second kappa shape index (κ2) is 4.03. The maximum absolute atomic E-state index is 8.80. The first-order valence-corrected chi connectivity index (χ1v) is 4.87. The molecule has 0 amide bonds. The number of nitrogens with zero attached hydrogens (tertiary/aromatic N) is 1. The smallest absolute Gasteiger partial charge is 0.229 e. The third-order valence-electron chi connectivity index (χ3n) is 2.36. The minimum absolute atomic E-state index is 0.0912. The van der Waals surface area contributed by atoms with Gasteiger partial charge in [0, 0.05) is 5.39 Å². The highest BCUT2D eigenvalue weighted by Crippen LogP contribution is 2.18. The highest BCUT2D eigenvalue weighted by atomic mass is 16.3. The van der Waals surface area contributed by atoms with Crippen LogP contribution < -0.4 is 5.55 Å². The molecule has 0 aliphatic carbocycles. The van der Waals surface area contributed by atoms with Gasteiger partial charge in [-0.3, -0.25) is 5.41 Å². The van der Waals surface area contributed by atoms with Gasteiger partial charge in [-0.15, -0.1) is 6.58 Å². The summed E-state index contributed by atoms with van der Waals surface area (Å²) in [5, 5.41) is 17.2. The molecule has 1 heterocycles. The predicted octanol–water partition coefficient (Wildman–Crippen LogP) is 2.51. The van der Waals surface area contributed by atoms with Crippen molar-refractivity contribution in [2.24, 2.45) is 0 Å². The van der Waals surface area contributed by atoms with E-state index >= 15 is 0 Å². The Labute approximate surface area is 92.8 Å². The fourth-order valence-corrected chi connectivity index (χ4v) is 1.62. The summed E-state index contributed by atoms with van der Waals surface area (Å²) in [7, 11) is 0. The molecule has 0 atom stereocenters. The van der Waals surface area contributed by atoms with Gasteiger partial charge in [0.1, 0.15) is 17.2 Å². The van der Waals surface area contributed by atoms with Crippen LogP contribution in [0.4, 0.5) is 0 Å². The molecule has 2 rings (SSSR count). The Hall–Kier alpha value is -2.34. The normalized spacial score (nSPS) is 9.94. The number of rotatable bonds is 2. The molecule has 1 N–H and O–H groups in total. The topological polar surface area (TPSA) is 60.8 Å². The molecule has 0 spiro atoms. The maximum Gasteiger partial charge on any atom is 0.229 e. The molecular formula is C13H10N2O. The van der Waals surface area contributed by atoms with Gasteiger partial charge in [-0.1, -0.05) is 24.3 Å². The van der Waals surface area contributed by atoms with Crippen molar-refractivity contribution in [1.82, 2.24) is 0 Å². The molecule has 0 bridgehead atoms. The Morgan fingerprint density at radius 3 is 3.00 bits per heavy atom. The van der Waals surface area contributed by atoms with Crippen molar-refractivity contribution in [2.75, 3.05) is 0 Å². The average molecular weight is 210 g/mol. The minimum Gasteiger partial charge on any atom is -0.437 e. The average Bonchev–Trinajstić information content (AvgIpc) is 2.29. The maximum atomic E-state index is 8.80. The van der Waals surface area contributed by atoms with Crippen LogP contribution in [0, 0.1) is 16.7 Å². The second-order valence-electron chi connectivity index (χ2n) is 3.43. The van der Waals surface area contributed by atoms with Gasteiger partial charge in [-0.05, 0) is 18.1 Å². The molecule has 0 aliphatic heterocycles. The fourth-order valence-electron chi connectivity index (χ4n) is 1.62. The van der Waals surface area contributed by atoms with Crippen LogP contribution >= 0.6 is 0 Å². The SMILES string of the molecule is C=CCc1cccc2cc(C#N)c(=N)oc12. The van der Waals surface area contributed by atoms with Gasteiger partial charge in [0.25, 0.3) is 0 Å². The highest BCUT2D eigenvalue weighted by Gasteiger charge is 2.05. The first kappa shape index (κ1) is 10.2. The van der Waals surface area contributed by atoms with Gasteiger partial charge in [0.05, 0.1) is 0 Å². The van der Waals surface area contributed by atoms with E-state index in [1.165, 1.54) is 0 Å². The number of nitriles is 1. The molecule has 3 nitrogen and oxygen atoms in total. The van der Waals surface area contributed by atoms with Crippen molar-refractivity contribution in [1.29, 1.82) is 10.7 Å². The summed E-state index contributed by atoms with van der Waals surface area (Å²) in [5.74, 6) is 0. The van der Waals surface area contributed by atoms with Crippen molar-refractivity contribution < 1.29 is 4.42 Å². The van der Waals surface area contributed by atoms with E-state index in [2.05, 4.69) is 6.58 Å². The van der Waals surface area contributed by atoms with E-state index in [1.807, 2.05) is 24.3 Å². The molecule has 0 aliphatic rings. The van der Waals surface area contributed by atoms with Gasteiger partial charge in [0.15, 0.2) is 0 Å². The molecule has 0 unspecified atom stereocenters. The minimum atomic E-state index is -0.0912. The number of hydrogen-bond donors (Lipinski definition) is 1. The summed E-state index contributed by atoms with van der Waals surface area (Å²) >= 11 is 0. The number of fused-ring (bicyclic) bond motifs is 1. The molecule has 2 aromatic rings. The van der Waals surface area contributed by atoms with Crippen molar-refractivity contribution in [3.63, 3.8) is 0 Å². The van der Waals surface area contributed by atoms with Crippen LogP contribution in [-0.4, -0.2) is 0 Å². The number of hydrogen-bond acceptors (Lipinski definition) is 3. The van der Waals surface area contributed by atoms with E-state index in [0.717, 1.165) is 10.9 Å². The quantitative estimate of drug-likeness (QED) is 0.774. The Morgan fingerprint density at radius 2 is 2.31 bits per heavy atom. The fraction of sp³-hybridized carbons (Fsp3) is 0.0769. The summed E-state index contributed by atoms with van der Waals surface area (Å²) in [6.45, 7) is 3.68. The van der Waals surface area contributed by atoms with Crippen molar-refractivity contribution >= 4 is 11.0 Å². The predicted molar refractivity (Wildman–Crippen MR) is 60.7 cm³/mol. The largest absolute Gasteiger partial charge is 0.437 e. The lowest BCUT2D eigenvalue weighted by atomic mass is 10.1. The van der Waals surface area contributed by atoms with Crippen molar-refractivity contribution in [3.8, 4) is 6.07 Å². The Morgan fingerprint density at radius 1 is 1.50 bits per heavy atom. The molecule has 1 aromatic carbocycles. The first-order chi connectivity index (χ1) is 7.76. The number of para-hydroxylation sites is 1. The van der Waals surface area contributed by atoms with E-state index in [9.17, 15) is 0 Å². The first-order valence-electron chi connectivity index (χ1n) is 4.87. The van der Waals surface area contributed by atoms with Crippen LogP contribution in [0.2, 0.25) is 0 Å². The van der Waals surface area contributed by atoms with Crippen LogP contribution in [0.15, 0.2) is 41.3 Å². The molecule has 0 saturated carbocycles. The van der Waals surface area contributed by atoms with Crippen molar-refractivity contribution in [3.05, 3.63) is 53.6 Å². The van der Waals surface area contributed by atoms with Crippen LogP contribution in [0.1, 0.15) is 11.1 Å². The van der Waals surface area contributed by atoms with E-state index in [0.29, 0.717) is 12.0 Å². The highest BCUT2D eigenvalue weighted by molar-refractivity contribution is 5.80. The summed E-state index contributed by atoms with van der Waals surface area (Å²) in [5.41, 5.74) is 1.80. The summed E-state index contributed by atoms with van der Waals surface area (Å²) in [6.07, 6.45) is 2.47. The van der Waals surface area contributed by atoms with Crippen LogP contribution in [0.5, 0.6) is 0 Å². The third-order valence-corrected chi connectivity index (χ3v) is 2.36. The van der Waals surface area contributed by atoms with E-state index < -0.39 is 0 Å². The van der Waals surface area contributed by atoms with E-state index in [4.69, 9.17) is 15.1 Å². The van der Waals surface area contributed by atoms with Crippen LogP contribution in [-0.2, 0) is 6.42 Å². The van der Waals surface area contributed by atoms with Gasteiger partial charge >= 0.3 is 0 Å². The number of nitrogens with one attached hydrogen (secondary N) is 1. The van der Waals surface area contributed by atoms with E-state index in [-0.39, 0.29) is 11.1 Å². The zero-order chi connectivity index (χ0) is 11.5. The molecule has 0 radical (unpaired) electrons. The van der Waals surface area contributed by atoms with Crippen LogP contribution in [0.25, 0.3) is 11.0 Å². The molecule has 3 heteroatoms. The zero-order valence-electron chi connectivity index (χ0n) is 8.66. The van der Waals surface area contributed by atoms with Gasteiger partial charge in [0.2, 0.25) is 5.55 Å². The summed E-state index contributed by atoms with van der Waals surface area (Å²) in [6, 6.07) is 9.31. The second-order valence-corrected chi connectivity index (χ2v) is 3.43. The van der Waals surface area contributed by atoms with Crippen LogP contribution in [0.3, 0.4) is 0 Å². The molecule has 78 valence electrons. The standard InChI is InChI=1S/C13H10N2O/c1-2-4-9-5-3-6-10-7-11(8-14)13(15)16-12(9)10/h2-3,5-7,15H,1,4H2. The van der Waals surface area contributed by atoms with Gasteiger partial charge in [-0.25, -0.2) is 0 Å². The van der Waals surface area contributed by atoms with Gasteiger partial charge < -0.3 is 4.42 Å². The Balaban J connectivity index is 2.80. The summed E-state index contributed by atoms with van der Waals surface area (Å²) in [4.78, 5) is 0. The number of allylic oxidation sites excluding steroid dienone is 1. The van der Waals surface area contributed by atoms with E-state index in [1.54, 1.807) is 12.1 Å². The summed E-state index contributed by atoms with van der Waals surface area (Å²) < 4.78 is 5.36. The third kappa shape index (κ3) is 1.61. The molecular weight excluding hydrogens is 200 g/mol. The molecule has 0 saturated heterocycles. The Kier molecular flexibility index (Phi) is 2.57. The lowest BCUT2D eigenvalue weighted by Gasteiger charge is -2.03. The number of benzene rings is 1.